The van der Waals surface area contributed by atoms with Gasteiger partial charge < -0.3 is 4.90 Å². The summed E-state index contributed by atoms with van der Waals surface area (Å²) in [5, 5.41) is 0.772. The molecule has 0 aliphatic carbocycles. The number of carbonyl (C=O) groups is 1. The van der Waals surface area contributed by atoms with E-state index >= 15 is 0 Å². The van der Waals surface area contributed by atoms with Crippen molar-refractivity contribution in [1.29, 1.82) is 0 Å². The summed E-state index contributed by atoms with van der Waals surface area (Å²) in [5.74, 6) is 0.267. The fourth-order valence-corrected chi connectivity index (χ4v) is 1.39. The second-order valence-electron chi connectivity index (χ2n) is 2.77. The van der Waals surface area contributed by atoms with Crippen LogP contribution in [0.25, 0.3) is 0 Å². The Morgan fingerprint density at radius 1 is 1.42 bits per heavy atom. The lowest BCUT2D eigenvalue weighted by Crippen LogP contribution is -2.31. The molecule has 0 aromatic heterocycles. The summed E-state index contributed by atoms with van der Waals surface area (Å²) in [6, 6.07) is 0. The Morgan fingerprint density at radius 2 is 2.08 bits per heavy atom. The standard InChI is InChI=1S/C9H18BrNO/c1-3-5-8-11(4-2)9(12)6-7-10/h3-8H2,1-2H3. The normalized spacial score (nSPS) is 9.92. The van der Waals surface area contributed by atoms with Crippen LogP contribution in [0.2, 0.25) is 0 Å². The quantitative estimate of drug-likeness (QED) is 0.648. The van der Waals surface area contributed by atoms with E-state index in [-0.39, 0.29) is 5.91 Å². The first-order valence-electron chi connectivity index (χ1n) is 4.60. The summed E-state index contributed by atoms with van der Waals surface area (Å²) in [4.78, 5) is 13.3. The summed E-state index contributed by atoms with van der Waals surface area (Å²) in [6.45, 7) is 5.93. The number of carbonyl (C=O) groups excluding carboxylic acids is 1. The van der Waals surface area contributed by atoms with Crippen LogP contribution in [0.1, 0.15) is 33.1 Å². The molecular weight excluding hydrogens is 218 g/mol. The Hall–Kier alpha value is -0.0500. The zero-order valence-corrected chi connectivity index (χ0v) is 9.56. The predicted octanol–water partition coefficient (Wildman–Crippen LogP) is 2.42. The largest absolute Gasteiger partial charge is 0.343 e. The van der Waals surface area contributed by atoms with E-state index in [9.17, 15) is 4.79 Å². The van der Waals surface area contributed by atoms with Crippen molar-refractivity contribution in [1.82, 2.24) is 4.90 Å². The van der Waals surface area contributed by atoms with Gasteiger partial charge in [0.15, 0.2) is 0 Å². The maximum atomic E-state index is 11.4. The average Bonchev–Trinajstić information content (AvgIpc) is 2.06. The molecule has 12 heavy (non-hydrogen) atoms. The van der Waals surface area contributed by atoms with E-state index in [0.717, 1.165) is 31.3 Å². The van der Waals surface area contributed by atoms with Crippen LogP contribution in [-0.2, 0) is 4.79 Å². The van der Waals surface area contributed by atoms with Crippen molar-refractivity contribution in [3.8, 4) is 0 Å². The van der Waals surface area contributed by atoms with E-state index in [1.807, 2.05) is 11.8 Å². The minimum Gasteiger partial charge on any atom is -0.343 e. The highest BCUT2D eigenvalue weighted by Crippen LogP contribution is 1.99. The Kier molecular flexibility index (Phi) is 7.56. The highest BCUT2D eigenvalue weighted by Gasteiger charge is 2.08. The summed E-state index contributed by atoms with van der Waals surface area (Å²) < 4.78 is 0. The highest BCUT2D eigenvalue weighted by molar-refractivity contribution is 9.09. The molecule has 0 N–H and O–H groups in total. The molecular formula is C9H18BrNO. The average molecular weight is 236 g/mol. The second kappa shape index (κ2) is 7.59. The van der Waals surface area contributed by atoms with Gasteiger partial charge in [0.05, 0.1) is 0 Å². The first-order chi connectivity index (χ1) is 5.76. The lowest BCUT2D eigenvalue weighted by atomic mass is 10.3. The SMILES string of the molecule is CCCCN(CC)C(=O)CCBr. The van der Waals surface area contributed by atoms with Crippen molar-refractivity contribution in [3.05, 3.63) is 0 Å². The van der Waals surface area contributed by atoms with Gasteiger partial charge in [-0.1, -0.05) is 29.3 Å². The molecule has 0 atom stereocenters. The van der Waals surface area contributed by atoms with Crippen LogP contribution in [0.5, 0.6) is 0 Å². The van der Waals surface area contributed by atoms with Gasteiger partial charge in [-0.05, 0) is 13.3 Å². The highest BCUT2D eigenvalue weighted by atomic mass is 79.9. The molecule has 0 aromatic rings. The fourth-order valence-electron chi connectivity index (χ4n) is 1.05. The van der Waals surface area contributed by atoms with Gasteiger partial charge in [0, 0.05) is 24.8 Å². The molecule has 0 aliphatic rings. The molecule has 2 nitrogen and oxygen atoms in total. The van der Waals surface area contributed by atoms with Crippen LogP contribution in [0, 0.1) is 0 Å². The number of amides is 1. The van der Waals surface area contributed by atoms with Gasteiger partial charge in [-0.25, -0.2) is 0 Å². The van der Waals surface area contributed by atoms with Gasteiger partial charge in [-0.3, -0.25) is 4.79 Å². The Labute approximate surface area is 83.4 Å². The number of hydrogen-bond donors (Lipinski definition) is 0. The molecule has 0 aromatic carbocycles. The van der Waals surface area contributed by atoms with Crippen molar-refractivity contribution >= 4 is 21.8 Å². The van der Waals surface area contributed by atoms with Gasteiger partial charge in [-0.15, -0.1) is 0 Å². The zero-order valence-electron chi connectivity index (χ0n) is 7.98. The van der Waals surface area contributed by atoms with Crippen LogP contribution < -0.4 is 0 Å². The Bertz CT molecular complexity index is 128. The topological polar surface area (TPSA) is 20.3 Å². The molecule has 0 heterocycles. The number of halogens is 1. The number of hydrogen-bond acceptors (Lipinski definition) is 1. The summed E-state index contributed by atoms with van der Waals surface area (Å²) in [6.07, 6.45) is 2.89. The Balaban J connectivity index is 3.71. The van der Waals surface area contributed by atoms with Gasteiger partial charge in [0.25, 0.3) is 0 Å². The Morgan fingerprint density at radius 3 is 2.50 bits per heavy atom. The van der Waals surface area contributed by atoms with Gasteiger partial charge in [-0.2, -0.15) is 0 Å². The molecule has 0 aliphatic heterocycles. The molecule has 0 radical (unpaired) electrons. The minimum absolute atomic E-state index is 0.267. The van der Waals surface area contributed by atoms with Crippen molar-refractivity contribution in [2.45, 2.75) is 33.1 Å². The molecule has 3 heteroatoms. The summed E-state index contributed by atoms with van der Waals surface area (Å²) in [7, 11) is 0. The van der Waals surface area contributed by atoms with Gasteiger partial charge in [0.2, 0.25) is 5.91 Å². The van der Waals surface area contributed by atoms with Crippen molar-refractivity contribution in [3.63, 3.8) is 0 Å². The van der Waals surface area contributed by atoms with E-state index in [4.69, 9.17) is 0 Å². The number of unbranched alkanes of at least 4 members (excludes halogenated alkanes) is 1. The van der Waals surface area contributed by atoms with Crippen LogP contribution in [0.3, 0.4) is 0 Å². The third kappa shape index (κ3) is 4.75. The fraction of sp³-hybridized carbons (Fsp3) is 0.889. The van der Waals surface area contributed by atoms with Crippen LogP contribution in [0.15, 0.2) is 0 Å². The zero-order chi connectivity index (χ0) is 9.40. The van der Waals surface area contributed by atoms with Crippen LogP contribution >= 0.6 is 15.9 Å². The van der Waals surface area contributed by atoms with E-state index in [1.165, 1.54) is 0 Å². The monoisotopic (exact) mass is 235 g/mol. The van der Waals surface area contributed by atoms with E-state index < -0.39 is 0 Å². The van der Waals surface area contributed by atoms with Crippen LogP contribution in [0.4, 0.5) is 0 Å². The maximum absolute atomic E-state index is 11.4. The minimum atomic E-state index is 0.267. The third-order valence-electron chi connectivity index (χ3n) is 1.82. The van der Waals surface area contributed by atoms with Gasteiger partial charge in [0.1, 0.15) is 0 Å². The van der Waals surface area contributed by atoms with Crippen molar-refractivity contribution in [2.75, 3.05) is 18.4 Å². The van der Waals surface area contributed by atoms with Crippen molar-refractivity contribution in [2.24, 2.45) is 0 Å². The van der Waals surface area contributed by atoms with Gasteiger partial charge >= 0.3 is 0 Å². The molecule has 0 fully saturated rings. The van der Waals surface area contributed by atoms with E-state index in [1.54, 1.807) is 0 Å². The van der Waals surface area contributed by atoms with Crippen LogP contribution in [-0.4, -0.2) is 29.2 Å². The number of nitrogens with zero attached hydrogens (tertiary/aromatic N) is 1. The number of rotatable bonds is 6. The lowest BCUT2D eigenvalue weighted by molar-refractivity contribution is -0.130. The second-order valence-corrected chi connectivity index (χ2v) is 3.56. The van der Waals surface area contributed by atoms with E-state index in [2.05, 4.69) is 22.9 Å². The first kappa shape index (κ1) is 11.9. The smallest absolute Gasteiger partial charge is 0.223 e. The molecule has 0 bridgehead atoms. The number of alkyl halides is 1. The molecule has 0 saturated carbocycles. The molecule has 1 amide bonds. The molecule has 72 valence electrons. The summed E-state index contributed by atoms with van der Waals surface area (Å²) >= 11 is 3.27. The first-order valence-corrected chi connectivity index (χ1v) is 5.72. The van der Waals surface area contributed by atoms with E-state index in [0.29, 0.717) is 6.42 Å². The van der Waals surface area contributed by atoms with Crippen molar-refractivity contribution < 1.29 is 4.79 Å². The molecule has 0 unspecified atom stereocenters. The third-order valence-corrected chi connectivity index (χ3v) is 2.22. The summed E-state index contributed by atoms with van der Waals surface area (Å²) in [5.41, 5.74) is 0. The predicted molar refractivity (Wildman–Crippen MR) is 55.6 cm³/mol. The molecule has 0 rings (SSSR count). The molecule has 0 saturated heterocycles. The lowest BCUT2D eigenvalue weighted by Gasteiger charge is -2.19. The molecule has 0 spiro atoms. The maximum Gasteiger partial charge on any atom is 0.223 e.